The van der Waals surface area contributed by atoms with Gasteiger partial charge < -0.3 is 13.8 Å². The van der Waals surface area contributed by atoms with Gasteiger partial charge in [-0.25, -0.2) is 4.98 Å². The SMILES string of the molecule is CC(C)n1cnc2ccc(-c3noc(COc4ccccc4)n3)cc21. The molecule has 4 rings (SSSR count). The molecule has 2 aromatic carbocycles. The number of nitrogens with zero attached hydrogens (tertiary/aromatic N) is 4. The van der Waals surface area contributed by atoms with E-state index in [0.29, 0.717) is 17.8 Å². The van der Waals surface area contributed by atoms with E-state index in [2.05, 4.69) is 33.5 Å². The zero-order valence-electron chi connectivity index (χ0n) is 14.1. The number of benzene rings is 2. The number of rotatable bonds is 5. The zero-order chi connectivity index (χ0) is 17.2. The lowest BCUT2D eigenvalue weighted by molar-refractivity contribution is 0.243. The van der Waals surface area contributed by atoms with E-state index >= 15 is 0 Å². The van der Waals surface area contributed by atoms with Crippen molar-refractivity contribution in [1.29, 1.82) is 0 Å². The van der Waals surface area contributed by atoms with Crippen molar-refractivity contribution in [2.24, 2.45) is 0 Å². The molecule has 2 aromatic heterocycles. The molecule has 0 aliphatic carbocycles. The highest BCUT2D eigenvalue weighted by molar-refractivity contribution is 5.80. The molecular formula is C19H18N4O2. The van der Waals surface area contributed by atoms with Gasteiger partial charge in [-0.1, -0.05) is 23.4 Å². The van der Waals surface area contributed by atoms with E-state index in [1.54, 1.807) is 0 Å². The predicted molar refractivity (Wildman–Crippen MR) is 94.2 cm³/mol. The lowest BCUT2D eigenvalue weighted by atomic mass is 10.2. The molecular weight excluding hydrogens is 316 g/mol. The largest absolute Gasteiger partial charge is 0.484 e. The van der Waals surface area contributed by atoms with Gasteiger partial charge in [-0.2, -0.15) is 4.98 Å². The molecule has 0 amide bonds. The van der Waals surface area contributed by atoms with Crippen molar-refractivity contribution in [3.05, 3.63) is 60.7 Å². The Morgan fingerprint density at radius 3 is 2.76 bits per heavy atom. The summed E-state index contributed by atoms with van der Waals surface area (Å²) in [7, 11) is 0. The van der Waals surface area contributed by atoms with Crippen LogP contribution >= 0.6 is 0 Å². The Morgan fingerprint density at radius 1 is 1.12 bits per heavy atom. The fraction of sp³-hybridized carbons (Fsp3) is 0.211. The minimum absolute atomic E-state index is 0.239. The summed E-state index contributed by atoms with van der Waals surface area (Å²) in [6.45, 7) is 4.49. The van der Waals surface area contributed by atoms with Crippen molar-refractivity contribution in [2.75, 3.05) is 0 Å². The summed E-state index contributed by atoms with van der Waals surface area (Å²) in [5.41, 5.74) is 2.90. The second-order valence-corrected chi connectivity index (χ2v) is 6.06. The summed E-state index contributed by atoms with van der Waals surface area (Å²) < 4.78 is 13.1. The van der Waals surface area contributed by atoms with Crippen LogP contribution < -0.4 is 4.74 Å². The van der Waals surface area contributed by atoms with E-state index in [-0.39, 0.29) is 6.61 Å². The normalized spacial score (nSPS) is 11.3. The van der Waals surface area contributed by atoms with Gasteiger partial charge in [-0.15, -0.1) is 0 Å². The summed E-state index contributed by atoms with van der Waals surface area (Å²) in [6.07, 6.45) is 1.86. The third-order valence-corrected chi connectivity index (χ3v) is 3.96. The van der Waals surface area contributed by atoms with Gasteiger partial charge in [0.1, 0.15) is 5.75 Å². The number of aromatic nitrogens is 4. The number of imidazole rings is 1. The Kier molecular flexibility index (Phi) is 3.93. The lowest BCUT2D eigenvalue weighted by Gasteiger charge is -2.07. The molecule has 0 spiro atoms. The highest BCUT2D eigenvalue weighted by Crippen LogP contribution is 2.24. The molecule has 0 atom stereocenters. The zero-order valence-corrected chi connectivity index (χ0v) is 14.1. The van der Waals surface area contributed by atoms with E-state index in [1.807, 2.05) is 54.9 Å². The van der Waals surface area contributed by atoms with Crippen LogP contribution in [0, 0.1) is 0 Å². The minimum atomic E-state index is 0.239. The first-order valence-electron chi connectivity index (χ1n) is 8.18. The van der Waals surface area contributed by atoms with Crippen LogP contribution in [0.2, 0.25) is 0 Å². The highest BCUT2D eigenvalue weighted by Gasteiger charge is 2.12. The maximum absolute atomic E-state index is 5.64. The minimum Gasteiger partial charge on any atom is -0.484 e. The third kappa shape index (κ3) is 3.10. The molecule has 126 valence electrons. The maximum Gasteiger partial charge on any atom is 0.264 e. The molecule has 0 bridgehead atoms. The molecule has 6 heteroatoms. The van der Waals surface area contributed by atoms with Crippen molar-refractivity contribution in [2.45, 2.75) is 26.5 Å². The average Bonchev–Trinajstić information content (AvgIpc) is 3.27. The van der Waals surface area contributed by atoms with Gasteiger partial charge in [0.15, 0.2) is 6.61 Å². The predicted octanol–water partition coefficient (Wildman–Crippen LogP) is 4.25. The van der Waals surface area contributed by atoms with Crippen LogP contribution in [-0.2, 0) is 6.61 Å². The molecule has 0 fully saturated rings. The van der Waals surface area contributed by atoms with Gasteiger partial charge in [0.25, 0.3) is 5.89 Å². The van der Waals surface area contributed by atoms with E-state index in [1.165, 1.54) is 0 Å². The van der Waals surface area contributed by atoms with E-state index in [4.69, 9.17) is 9.26 Å². The summed E-state index contributed by atoms with van der Waals surface area (Å²) in [6, 6.07) is 15.8. The fourth-order valence-corrected chi connectivity index (χ4v) is 2.67. The molecule has 6 nitrogen and oxygen atoms in total. The molecule has 4 aromatic rings. The maximum atomic E-state index is 5.64. The van der Waals surface area contributed by atoms with Gasteiger partial charge in [0, 0.05) is 11.6 Å². The van der Waals surface area contributed by atoms with Crippen molar-refractivity contribution in [3.8, 4) is 17.1 Å². The van der Waals surface area contributed by atoms with Crippen LogP contribution in [0.1, 0.15) is 25.8 Å². The quantitative estimate of drug-likeness (QED) is 0.546. The second kappa shape index (κ2) is 6.39. The number of hydrogen-bond acceptors (Lipinski definition) is 5. The summed E-state index contributed by atoms with van der Waals surface area (Å²) in [5.74, 6) is 1.76. The molecule has 25 heavy (non-hydrogen) atoms. The number of ether oxygens (including phenoxy) is 1. The first-order valence-corrected chi connectivity index (χ1v) is 8.18. The first-order chi connectivity index (χ1) is 12.2. The molecule has 0 saturated carbocycles. The van der Waals surface area contributed by atoms with E-state index in [0.717, 1.165) is 22.3 Å². The molecule has 0 saturated heterocycles. The van der Waals surface area contributed by atoms with Gasteiger partial charge in [0.05, 0.1) is 17.4 Å². The molecule has 2 heterocycles. The van der Waals surface area contributed by atoms with Crippen LogP contribution in [0.15, 0.2) is 59.4 Å². The van der Waals surface area contributed by atoms with Crippen LogP contribution in [-0.4, -0.2) is 19.7 Å². The average molecular weight is 334 g/mol. The van der Waals surface area contributed by atoms with Gasteiger partial charge in [-0.05, 0) is 44.2 Å². The van der Waals surface area contributed by atoms with Crippen LogP contribution in [0.3, 0.4) is 0 Å². The first kappa shape index (κ1) is 15.4. The third-order valence-electron chi connectivity index (χ3n) is 3.96. The van der Waals surface area contributed by atoms with Crippen LogP contribution in [0.4, 0.5) is 0 Å². The number of hydrogen-bond donors (Lipinski definition) is 0. The van der Waals surface area contributed by atoms with Crippen molar-refractivity contribution in [1.82, 2.24) is 19.7 Å². The fourth-order valence-electron chi connectivity index (χ4n) is 2.67. The monoisotopic (exact) mass is 334 g/mol. The smallest absolute Gasteiger partial charge is 0.264 e. The Bertz CT molecular complexity index is 989. The highest BCUT2D eigenvalue weighted by atomic mass is 16.5. The summed E-state index contributed by atoms with van der Waals surface area (Å²) in [5, 5.41) is 4.07. The number of para-hydroxylation sites is 1. The number of fused-ring (bicyclic) bond motifs is 1. The Labute approximate surface area is 145 Å². The Balaban J connectivity index is 1.57. The Hall–Kier alpha value is -3.15. The Morgan fingerprint density at radius 2 is 1.96 bits per heavy atom. The van der Waals surface area contributed by atoms with Gasteiger partial charge in [0.2, 0.25) is 5.82 Å². The van der Waals surface area contributed by atoms with Crippen molar-refractivity contribution >= 4 is 11.0 Å². The van der Waals surface area contributed by atoms with Crippen LogP contribution in [0.5, 0.6) is 5.75 Å². The second-order valence-electron chi connectivity index (χ2n) is 6.06. The van der Waals surface area contributed by atoms with E-state index in [9.17, 15) is 0 Å². The molecule has 0 aliphatic heterocycles. The molecule has 0 N–H and O–H groups in total. The van der Waals surface area contributed by atoms with Crippen LogP contribution in [0.25, 0.3) is 22.4 Å². The van der Waals surface area contributed by atoms with Gasteiger partial charge in [-0.3, -0.25) is 0 Å². The molecule has 0 unspecified atom stereocenters. The topological polar surface area (TPSA) is 66.0 Å². The standard InChI is InChI=1S/C19H18N4O2/c1-13(2)23-12-20-16-9-8-14(10-17(16)23)19-21-18(25-22-19)11-24-15-6-4-3-5-7-15/h3-10,12-13H,11H2,1-2H3. The van der Waals surface area contributed by atoms with E-state index < -0.39 is 0 Å². The van der Waals surface area contributed by atoms with Gasteiger partial charge >= 0.3 is 0 Å². The summed E-state index contributed by atoms with van der Waals surface area (Å²) in [4.78, 5) is 8.85. The summed E-state index contributed by atoms with van der Waals surface area (Å²) >= 11 is 0. The lowest BCUT2D eigenvalue weighted by Crippen LogP contribution is -1.98. The molecule has 0 aliphatic rings. The molecule has 0 radical (unpaired) electrons. The van der Waals surface area contributed by atoms with Crippen molar-refractivity contribution in [3.63, 3.8) is 0 Å². The van der Waals surface area contributed by atoms with Crippen molar-refractivity contribution < 1.29 is 9.26 Å².